The molecule has 1 aromatic heterocycles. The van der Waals surface area contributed by atoms with Crippen LogP contribution in [-0.4, -0.2) is 42.7 Å². The van der Waals surface area contributed by atoms with Crippen molar-refractivity contribution in [1.82, 2.24) is 9.47 Å². The molecule has 0 radical (unpaired) electrons. The van der Waals surface area contributed by atoms with Crippen molar-refractivity contribution in [1.29, 1.82) is 0 Å². The third-order valence-electron chi connectivity index (χ3n) is 5.78. The van der Waals surface area contributed by atoms with E-state index in [0.29, 0.717) is 23.0 Å². The molecule has 0 N–H and O–H groups in total. The van der Waals surface area contributed by atoms with Gasteiger partial charge in [-0.15, -0.1) is 0 Å². The Hall–Kier alpha value is -2.95. The maximum Gasteiger partial charge on any atom is 0.253 e. The molecule has 2 aromatic carbocycles. The summed E-state index contributed by atoms with van der Waals surface area (Å²) in [6.45, 7) is 1.53. The minimum absolute atomic E-state index is 0.0531. The SMILES string of the molecule is COc1ccc(C(=O)N2CCC(c3cn(C)c4ccccc34)CC2)cc1OC. The van der Waals surface area contributed by atoms with E-state index < -0.39 is 0 Å². The van der Waals surface area contributed by atoms with Crippen LogP contribution in [0, 0.1) is 0 Å². The zero-order valence-electron chi connectivity index (χ0n) is 16.6. The molecule has 5 nitrogen and oxygen atoms in total. The van der Waals surface area contributed by atoms with Crippen LogP contribution in [0.15, 0.2) is 48.7 Å². The number of amides is 1. The summed E-state index contributed by atoms with van der Waals surface area (Å²) in [6.07, 6.45) is 4.21. The van der Waals surface area contributed by atoms with Gasteiger partial charge in [0.25, 0.3) is 5.91 Å². The van der Waals surface area contributed by atoms with Gasteiger partial charge in [-0.25, -0.2) is 0 Å². The van der Waals surface area contributed by atoms with Crippen LogP contribution in [-0.2, 0) is 7.05 Å². The van der Waals surface area contributed by atoms with Gasteiger partial charge in [-0.1, -0.05) is 18.2 Å². The maximum atomic E-state index is 13.0. The fourth-order valence-corrected chi connectivity index (χ4v) is 4.24. The lowest BCUT2D eigenvalue weighted by molar-refractivity contribution is 0.0713. The molecule has 1 amide bonds. The summed E-state index contributed by atoms with van der Waals surface area (Å²) in [5.74, 6) is 1.76. The van der Waals surface area contributed by atoms with Crippen molar-refractivity contribution in [3.63, 3.8) is 0 Å². The van der Waals surface area contributed by atoms with Crippen molar-refractivity contribution in [3.05, 3.63) is 59.8 Å². The quantitative estimate of drug-likeness (QED) is 0.683. The van der Waals surface area contributed by atoms with Gasteiger partial charge >= 0.3 is 0 Å². The summed E-state index contributed by atoms with van der Waals surface area (Å²) in [5.41, 5.74) is 3.30. The van der Waals surface area contributed by atoms with Crippen molar-refractivity contribution >= 4 is 16.8 Å². The first-order valence-electron chi connectivity index (χ1n) is 9.67. The van der Waals surface area contributed by atoms with Gasteiger partial charge < -0.3 is 18.9 Å². The third-order valence-corrected chi connectivity index (χ3v) is 5.78. The van der Waals surface area contributed by atoms with E-state index in [9.17, 15) is 4.79 Å². The molecule has 28 heavy (non-hydrogen) atoms. The second-order valence-corrected chi connectivity index (χ2v) is 7.35. The largest absolute Gasteiger partial charge is 0.493 e. The number of fused-ring (bicyclic) bond motifs is 1. The fourth-order valence-electron chi connectivity index (χ4n) is 4.24. The molecule has 0 atom stereocenters. The fraction of sp³-hybridized carbons (Fsp3) is 0.348. The Balaban J connectivity index is 1.49. The molecule has 0 aliphatic carbocycles. The number of carbonyl (C=O) groups is 1. The van der Waals surface area contributed by atoms with Crippen LogP contribution in [0.3, 0.4) is 0 Å². The zero-order chi connectivity index (χ0) is 19.7. The Morgan fingerprint density at radius 2 is 1.71 bits per heavy atom. The predicted molar refractivity (Wildman–Crippen MR) is 110 cm³/mol. The van der Waals surface area contributed by atoms with E-state index in [2.05, 4.69) is 42.1 Å². The number of carbonyl (C=O) groups excluding carboxylic acids is 1. The standard InChI is InChI=1S/C23H26N2O3/c1-24-15-19(18-6-4-5-7-20(18)24)16-10-12-25(13-11-16)23(26)17-8-9-21(27-2)22(14-17)28-3/h4-9,14-16H,10-13H2,1-3H3. The predicted octanol–water partition coefficient (Wildman–Crippen LogP) is 4.22. The molecule has 0 saturated carbocycles. The van der Waals surface area contributed by atoms with Gasteiger partial charge in [0.1, 0.15) is 0 Å². The van der Waals surface area contributed by atoms with Gasteiger partial charge in [0.05, 0.1) is 14.2 Å². The van der Waals surface area contributed by atoms with Crippen LogP contribution >= 0.6 is 0 Å². The first-order chi connectivity index (χ1) is 13.6. The second kappa shape index (κ2) is 7.58. The van der Waals surface area contributed by atoms with Crippen LogP contribution < -0.4 is 9.47 Å². The molecular formula is C23H26N2O3. The number of hydrogen-bond donors (Lipinski definition) is 0. The van der Waals surface area contributed by atoms with Gasteiger partial charge in [-0.3, -0.25) is 4.79 Å². The molecule has 3 aromatic rings. The lowest BCUT2D eigenvalue weighted by atomic mass is 9.89. The number of methoxy groups -OCH3 is 2. The monoisotopic (exact) mass is 378 g/mol. The number of aromatic nitrogens is 1. The molecule has 4 rings (SSSR count). The summed E-state index contributed by atoms with van der Waals surface area (Å²) in [7, 11) is 5.28. The average Bonchev–Trinajstić information content (AvgIpc) is 3.09. The van der Waals surface area contributed by atoms with Gasteiger partial charge in [0, 0.05) is 42.8 Å². The summed E-state index contributed by atoms with van der Waals surface area (Å²) in [4.78, 5) is 14.9. The number of rotatable bonds is 4. The molecule has 5 heteroatoms. The van der Waals surface area contributed by atoms with Crippen LogP contribution in [0.1, 0.15) is 34.7 Å². The smallest absolute Gasteiger partial charge is 0.253 e. The summed E-state index contributed by atoms with van der Waals surface area (Å²) in [6, 6.07) is 13.9. The lowest BCUT2D eigenvalue weighted by Gasteiger charge is -2.32. The van der Waals surface area contributed by atoms with E-state index in [-0.39, 0.29) is 5.91 Å². The highest BCUT2D eigenvalue weighted by Crippen LogP contribution is 2.35. The Bertz CT molecular complexity index is 1000. The first kappa shape index (κ1) is 18.4. The summed E-state index contributed by atoms with van der Waals surface area (Å²) in [5, 5.41) is 1.33. The molecule has 2 heterocycles. The molecule has 1 aliphatic rings. The van der Waals surface area contributed by atoms with Crippen LogP contribution in [0.5, 0.6) is 11.5 Å². The van der Waals surface area contributed by atoms with E-state index in [1.54, 1.807) is 32.4 Å². The summed E-state index contributed by atoms with van der Waals surface area (Å²) < 4.78 is 12.8. The number of benzene rings is 2. The Labute approximate surface area is 165 Å². The van der Waals surface area contributed by atoms with Gasteiger partial charge in [0.15, 0.2) is 11.5 Å². The van der Waals surface area contributed by atoms with Crippen LogP contribution in [0.4, 0.5) is 0 Å². The number of hydrogen-bond acceptors (Lipinski definition) is 3. The second-order valence-electron chi connectivity index (χ2n) is 7.35. The van der Waals surface area contributed by atoms with Crippen molar-refractivity contribution in [2.75, 3.05) is 27.3 Å². The Kier molecular flexibility index (Phi) is 4.99. The zero-order valence-corrected chi connectivity index (χ0v) is 16.6. The van der Waals surface area contributed by atoms with Crippen molar-refractivity contribution in [3.8, 4) is 11.5 Å². The molecule has 0 bridgehead atoms. The van der Waals surface area contributed by atoms with E-state index in [1.165, 1.54) is 16.5 Å². The van der Waals surface area contributed by atoms with Gasteiger partial charge in [-0.05, 0) is 48.6 Å². The minimum atomic E-state index is 0.0531. The van der Waals surface area contributed by atoms with Crippen LogP contribution in [0.25, 0.3) is 10.9 Å². The highest BCUT2D eigenvalue weighted by Gasteiger charge is 2.27. The molecule has 1 fully saturated rings. The molecule has 1 saturated heterocycles. The number of para-hydroxylation sites is 1. The Morgan fingerprint density at radius 1 is 1.00 bits per heavy atom. The summed E-state index contributed by atoms with van der Waals surface area (Å²) >= 11 is 0. The molecular weight excluding hydrogens is 352 g/mol. The molecule has 146 valence electrons. The maximum absolute atomic E-state index is 13.0. The van der Waals surface area contributed by atoms with Crippen molar-refractivity contribution in [2.45, 2.75) is 18.8 Å². The topological polar surface area (TPSA) is 43.7 Å². The highest BCUT2D eigenvalue weighted by molar-refractivity contribution is 5.95. The average molecular weight is 378 g/mol. The highest BCUT2D eigenvalue weighted by atomic mass is 16.5. The Morgan fingerprint density at radius 3 is 2.43 bits per heavy atom. The van der Waals surface area contributed by atoms with Gasteiger partial charge in [-0.2, -0.15) is 0 Å². The number of ether oxygens (including phenoxy) is 2. The van der Waals surface area contributed by atoms with Crippen molar-refractivity contribution in [2.24, 2.45) is 7.05 Å². The van der Waals surface area contributed by atoms with E-state index >= 15 is 0 Å². The van der Waals surface area contributed by atoms with Crippen molar-refractivity contribution < 1.29 is 14.3 Å². The third kappa shape index (κ3) is 3.21. The van der Waals surface area contributed by atoms with E-state index in [1.807, 2.05) is 4.90 Å². The normalized spacial score (nSPS) is 15.0. The first-order valence-corrected chi connectivity index (χ1v) is 9.67. The van der Waals surface area contributed by atoms with E-state index in [0.717, 1.165) is 25.9 Å². The number of piperidine rings is 1. The molecule has 0 unspecified atom stereocenters. The lowest BCUT2D eigenvalue weighted by Crippen LogP contribution is -2.37. The van der Waals surface area contributed by atoms with Crippen LogP contribution in [0.2, 0.25) is 0 Å². The van der Waals surface area contributed by atoms with Gasteiger partial charge in [0.2, 0.25) is 0 Å². The minimum Gasteiger partial charge on any atom is -0.493 e. The number of aryl methyl sites for hydroxylation is 1. The number of nitrogens with zero attached hydrogens (tertiary/aromatic N) is 2. The van der Waals surface area contributed by atoms with E-state index in [4.69, 9.17) is 9.47 Å². The number of likely N-dealkylation sites (tertiary alicyclic amines) is 1. The molecule has 1 aliphatic heterocycles. The molecule has 0 spiro atoms.